The highest BCUT2D eigenvalue weighted by Crippen LogP contribution is 2.41. The molecule has 0 radical (unpaired) electrons. The second-order valence-electron chi connectivity index (χ2n) is 12.7. The number of benzene rings is 2. The standard InChI is InChI=1S/C32H40ClF2N3O2/c1-20(30(39)36-12-5-13-36)26-16-22(33)6-8-24(26)21-10-14-37(15-11-21)31(40)28-19-38(32(2,3)4)18-27(28)25-9-7-23(34)17-29(25)35/h6-9,16-17,20-21,27-28H,5,10-15,18-19H2,1-4H3/t20-,27+,28?/m1/s1. The van der Waals surface area contributed by atoms with Gasteiger partial charge in [-0.1, -0.05) is 23.7 Å². The summed E-state index contributed by atoms with van der Waals surface area (Å²) in [4.78, 5) is 33.0. The average molecular weight is 572 g/mol. The number of hydrogen-bond donors (Lipinski definition) is 0. The van der Waals surface area contributed by atoms with Crippen molar-refractivity contribution in [1.29, 1.82) is 0 Å². The van der Waals surface area contributed by atoms with Crippen LogP contribution in [0.1, 0.15) is 81.4 Å². The van der Waals surface area contributed by atoms with Gasteiger partial charge in [0.25, 0.3) is 0 Å². The molecule has 216 valence electrons. The summed E-state index contributed by atoms with van der Waals surface area (Å²) in [5.41, 5.74) is 2.36. The molecule has 2 aromatic carbocycles. The molecular weight excluding hydrogens is 532 g/mol. The van der Waals surface area contributed by atoms with E-state index in [4.69, 9.17) is 11.6 Å². The van der Waals surface area contributed by atoms with Crippen LogP contribution in [0.4, 0.5) is 8.78 Å². The van der Waals surface area contributed by atoms with Crippen LogP contribution in [-0.2, 0) is 9.59 Å². The number of amides is 2. The van der Waals surface area contributed by atoms with Crippen molar-refractivity contribution in [2.24, 2.45) is 5.92 Å². The van der Waals surface area contributed by atoms with Crippen molar-refractivity contribution in [3.8, 4) is 0 Å². The van der Waals surface area contributed by atoms with E-state index in [0.29, 0.717) is 36.8 Å². The molecule has 3 fully saturated rings. The molecule has 5 rings (SSSR count). The van der Waals surface area contributed by atoms with Gasteiger partial charge in [0.05, 0.1) is 11.8 Å². The quantitative estimate of drug-likeness (QED) is 0.431. The number of nitrogens with zero attached hydrogens (tertiary/aromatic N) is 3. The van der Waals surface area contributed by atoms with Gasteiger partial charge >= 0.3 is 0 Å². The van der Waals surface area contributed by atoms with Crippen molar-refractivity contribution >= 4 is 23.4 Å². The van der Waals surface area contributed by atoms with Gasteiger partial charge in [0, 0.05) is 61.8 Å². The van der Waals surface area contributed by atoms with E-state index in [1.807, 2.05) is 34.9 Å². The predicted octanol–water partition coefficient (Wildman–Crippen LogP) is 6.17. The molecule has 3 aliphatic heterocycles. The Kier molecular flexibility index (Phi) is 8.27. The molecule has 0 bridgehead atoms. The number of carbonyl (C=O) groups excluding carboxylic acids is 2. The summed E-state index contributed by atoms with van der Waals surface area (Å²) in [5.74, 6) is -1.78. The first-order chi connectivity index (χ1) is 18.9. The van der Waals surface area contributed by atoms with Gasteiger partial charge in [-0.05, 0) is 87.8 Å². The molecule has 0 aliphatic carbocycles. The number of hydrogen-bond acceptors (Lipinski definition) is 3. The molecule has 3 heterocycles. The maximum absolute atomic E-state index is 14.9. The van der Waals surface area contributed by atoms with Gasteiger partial charge in [-0.15, -0.1) is 0 Å². The Morgan fingerprint density at radius 2 is 1.60 bits per heavy atom. The predicted molar refractivity (Wildman–Crippen MR) is 154 cm³/mol. The lowest BCUT2D eigenvalue weighted by Gasteiger charge is -2.37. The largest absolute Gasteiger partial charge is 0.342 e. The molecule has 3 aliphatic rings. The van der Waals surface area contributed by atoms with Gasteiger partial charge in [-0.2, -0.15) is 0 Å². The van der Waals surface area contributed by atoms with E-state index < -0.39 is 17.6 Å². The van der Waals surface area contributed by atoms with Crippen LogP contribution in [0.5, 0.6) is 0 Å². The molecule has 2 amide bonds. The molecule has 0 aromatic heterocycles. The maximum atomic E-state index is 14.9. The van der Waals surface area contributed by atoms with Crippen molar-refractivity contribution in [2.45, 2.75) is 70.3 Å². The zero-order chi connectivity index (χ0) is 28.8. The highest BCUT2D eigenvalue weighted by Gasteiger charge is 2.45. The van der Waals surface area contributed by atoms with Crippen LogP contribution in [0, 0.1) is 17.6 Å². The van der Waals surface area contributed by atoms with E-state index in [1.165, 1.54) is 12.1 Å². The van der Waals surface area contributed by atoms with Crippen molar-refractivity contribution in [3.63, 3.8) is 0 Å². The highest BCUT2D eigenvalue weighted by atomic mass is 35.5. The first-order valence-corrected chi connectivity index (χ1v) is 14.9. The summed E-state index contributed by atoms with van der Waals surface area (Å²) in [5, 5.41) is 0.623. The molecule has 0 saturated carbocycles. The van der Waals surface area contributed by atoms with Crippen LogP contribution in [-0.4, -0.2) is 71.3 Å². The Morgan fingerprint density at radius 3 is 2.20 bits per heavy atom. The minimum Gasteiger partial charge on any atom is -0.342 e. The second kappa shape index (κ2) is 11.4. The lowest BCUT2D eigenvalue weighted by molar-refractivity contribution is -0.137. The molecular formula is C32H40ClF2N3O2. The molecule has 2 aromatic rings. The third-order valence-electron chi connectivity index (χ3n) is 9.25. The molecule has 3 atom stereocenters. The van der Waals surface area contributed by atoms with E-state index in [1.54, 1.807) is 0 Å². The Morgan fingerprint density at radius 1 is 0.925 bits per heavy atom. The van der Waals surface area contributed by atoms with E-state index in [-0.39, 0.29) is 35.1 Å². The molecule has 3 saturated heterocycles. The lowest BCUT2D eigenvalue weighted by Crippen LogP contribution is -2.45. The van der Waals surface area contributed by atoms with E-state index in [0.717, 1.165) is 49.5 Å². The Balaban J connectivity index is 1.32. The highest BCUT2D eigenvalue weighted by molar-refractivity contribution is 6.30. The fraction of sp³-hybridized carbons (Fsp3) is 0.562. The van der Waals surface area contributed by atoms with Gasteiger partial charge < -0.3 is 9.80 Å². The minimum absolute atomic E-state index is 0.0385. The van der Waals surface area contributed by atoms with Crippen LogP contribution < -0.4 is 0 Å². The summed E-state index contributed by atoms with van der Waals surface area (Å²) in [6.07, 6.45) is 2.63. The first kappa shape index (κ1) is 29.0. The first-order valence-electron chi connectivity index (χ1n) is 14.5. The number of likely N-dealkylation sites (tertiary alicyclic amines) is 3. The second-order valence-corrected chi connectivity index (χ2v) is 13.2. The smallest absolute Gasteiger partial charge is 0.229 e. The summed E-state index contributed by atoms with van der Waals surface area (Å²) in [6, 6.07) is 9.56. The maximum Gasteiger partial charge on any atom is 0.229 e. The molecule has 5 nitrogen and oxygen atoms in total. The Hall–Kier alpha value is -2.51. The molecule has 40 heavy (non-hydrogen) atoms. The van der Waals surface area contributed by atoms with E-state index >= 15 is 0 Å². The van der Waals surface area contributed by atoms with Crippen LogP contribution in [0.15, 0.2) is 36.4 Å². The third kappa shape index (κ3) is 5.78. The van der Waals surface area contributed by atoms with Crippen LogP contribution in [0.25, 0.3) is 0 Å². The SMILES string of the molecule is C[C@@H](C(=O)N1CCC1)c1cc(Cl)ccc1C1CCN(C(=O)C2CN(C(C)(C)C)C[C@H]2c2ccc(F)cc2F)CC1. The average Bonchev–Trinajstić information content (AvgIpc) is 3.33. The number of halogens is 3. The van der Waals surface area contributed by atoms with Gasteiger partial charge in [-0.25, -0.2) is 8.78 Å². The molecule has 1 unspecified atom stereocenters. The molecule has 8 heteroatoms. The molecule has 0 N–H and O–H groups in total. The minimum atomic E-state index is -0.612. The van der Waals surface area contributed by atoms with Crippen molar-refractivity contribution in [2.75, 3.05) is 39.3 Å². The third-order valence-corrected chi connectivity index (χ3v) is 9.48. The topological polar surface area (TPSA) is 43.9 Å². The summed E-state index contributed by atoms with van der Waals surface area (Å²) in [7, 11) is 0. The van der Waals surface area contributed by atoms with Crippen molar-refractivity contribution < 1.29 is 18.4 Å². The zero-order valence-electron chi connectivity index (χ0n) is 23.9. The summed E-state index contributed by atoms with van der Waals surface area (Å²) >= 11 is 6.37. The van der Waals surface area contributed by atoms with Crippen molar-refractivity contribution in [3.05, 3.63) is 69.7 Å². The monoisotopic (exact) mass is 571 g/mol. The Labute approximate surface area is 241 Å². The fourth-order valence-electron chi connectivity index (χ4n) is 6.60. The summed E-state index contributed by atoms with van der Waals surface area (Å²) in [6.45, 7) is 12.2. The van der Waals surface area contributed by atoms with E-state index in [9.17, 15) is 18.4 Å². The normalized spacial score (nSPS) is 23.3. The molecule has 0 spiro atoms. The Bertz CT molecular complexity index is 1270. The van der Waals surface area contributed by atoms with Crippen molar-refractivity contribution in [1.82, 2.24) is 14.7 Å². The number of carbonyl (C=O) groups is 2. The number of rotatable bonds is 5. The fourth-order valence-corrected chi connectivity index (χ4v) is 6.78. The van der Waals surface area contributed by atoms with Crippen LogP contribution in [0.2, 0.25) is 5.02 Å². The van der Waals surface area contributed by atoms with Gasteiger partial charge in [-0.3, -0.25) is 14.5 Å². The van der Waals surface area contributed by atoms with Crippen LogP contribution >= 0.6 is 11.6 Å². The zero-order valence-corrected chi connectivity index (χ0v) is 24.7. The van der Waals surface area contributed by atoms with Crippen LogP contribution in [0.3, 0.4) is 0 Å². The van der Waals surface area contributed by atoms with Gasteiger partial charge in [0.1, 0.15) is 11.6 Å². The van der Waals surface area contributed by atoms with Gasteiger partial charge in [0.15, 0.2) is 0 Å². The van der Waals surface area contributed by atoms with E-state index in [2.05, 4.69) is 25.7 Å². The summed E-state index contributed by atoms with van der Waals surface area (Å²) < 4.78 is 28.6. The van der Waals surface area contributed by atoms with Gasteiger partial charge in [0.2, 0.25) is 11.8 Å². The number of piperidine rings is 1. The lowest BCUT2D eigenvalue weighted by atomic mass is 9.81.